The first kappa shape index (κ1) is 14.3. The van der Waals surface area contributed by atoms with Gasteiger partial charge in [-0.3, -0.25) is 4.79 Å². The second kappa shape index (κ2) is 5.60. The van der Waals surface area contributed by atoms with E-state index in [4.69, 9.17) is 5.11 Å². The van der Waals surface area contributed by atoms with E-state index in [9.17, 15) is 9.90 Å². The number of aromatic hydroxyl groups is 1. The van der Waals surface area contributed by atoms with Crippen LogP contribution in [-0.2, 0) is 17.6 Å². The van der Waals surface area contributed by atoms with Crippen molar-refractivity contribution in [1.82, 2.24) is 9.97 Å². The van der Waals surface area contributed by atoms with Gasteiger partial charge >= 0.3 is 5.97 Å². The van der Waals surface area contributed by atoms with Crippen molar-refractivity contribution < 1.29 is 15.0 Å². The molecule has 5 nitrogen and oxygen atoms in total. The fourth-order valence-electron chi connectivity index (χ4n) is 2.81. The summed E-state index contributed by atoms with van der Waals surface area (Å²) in [6.45, 7) is 1.98. The summed E-state index contributed by atoms with van der Waals surface area (Å²) in [5.41, 5.74) is 4.83. The van der Waals surface area contributed by atoms with Gasteiger partial charge in [0.25, 0.3) is 0 Å². The van der Waals surface area contributed by atoms with Crippen molar-refractivity contribution in [1.29, 1.82) is 0 Å². The molecule has 0 atom stereocenters. The number of aromatic amines is 2. The minimum Gasteiger partial charge on any atom is -0.494 e. The van der Waals surface area contributed by atoms with E-state index in [-0.39, 0.29) is 12.3 Å². The standard InChI is InChI=1S/C17H18N2O3/c1-10-11(6-7-16(20)21)9-18-15(10)8-13-12-4-2-3-5-14(12)19-17(13)22/h2-5,9,18-19,22H,6-8H2,1H3,(H,20,21). The molecule has 5 heteroatoms. The number of carboxylic acid groups (broad SMARTS) is 1. The molecule has 3 aromatic rings. The highest BCUT2D eigenvalue weighted by molar-refractivity contribution is 5.86. The molecule has 0 aliphatic rings. The zero-order chi connectivity index (χ0) is 15.7. The first-order chi connectivity index (χ1) is 10.6. The minimum atomic E-state index is -0.795. The Balaban J connectivity index is 1.89. The minimum absolute atomic E-state index is 0.121. The van der Waals surface area contributed by atoms with Crippen molar-refractivity contribution in [3.63, 3.8) is 0 Å². The summed E-state index contributed by atoms with van der Waals surface area (Å²) >= 11 is 0. The van der Waals surface area contributed by atoms with Gasteiger partial charge in [0, 0.05) is 41.2 Å². The SMILES string of the molecule is Cc1c(CCC(=O)O)c[nH]c1Cc1c(O)[nH]c2ccccc12. The van der Waals surface area contributed by atoms with Gasteiger partial charge in [-0.1, -0.05) is 18.2 Å². The van der Waals surface area contributed by atoms with Gasteiger partial charge in [-0.05, 0) is 30.5 Å². The molecule has 0 aliphatic heterocycles. The largest absolute Gasteiger partial charge is 0.494 e. The highest BCUT2D eigenvalue weighted by Gasteiger charge is 2.14. The van der Waals surface area contributed by atoms with Crippen LogP contribution in [0.2, 0.25) is 0 Å². The molecule has 114 valence electrons. The number of para-hydroxylation sites is 1. The first-order valence-electron chi connectivity index (χ1n) is 7.22. The monoisotopic (exact) mass is 298 g/mol. The van der Waals surface area contributed by atoms with Gasteiger partial charge in [0.15, 0.2) is 5.88 Å². The van der Waals surface area contributed by atoms with Crippen LogP contribution in [0.3, 0.4) is 0 Å². The Morgan fingerprint density at radius 2 is 2.05 bits per heavy atom. The topological polar surface area (TPSA) is 89.1 Å². The molecule has 0 fully saturated rings. The lowest BCUT2D eigenvalue weighted by Crippen LogP contribution is -1.98. The Kier molecular flexibility index (Phi) is 3.63. The normalized spacial score (nSPS) is 11.1. The van der Waals surface area contributed by atoms with E-state index in [2.05, 4.69) is 9.97 Å². The Morgan fingerprint density at radius 1 is 1.27 bits per heavy atom. The van der Waals surface area contributed by atoms with Gasteiger partial charge < -0.3 is 20.2 Å². The lowest BCUT2D eigenvalue weighted by atomic mass is 10.0. The van der Waals surface area contributed by atoms with Crippen LogP contribution < -0.4 is 0 Å². The molecule has 1 aromatic carbocycles. The molecular formula is C17H18N2O3. The molecule has 0 unspecified atom stereocenters. The summed E-state index contributed by atoms with van der Waals surface area (Å²) in [4.78, 5) is 16.9. The summed E-state index contributed by atoms with van der Waals surface area (Å²) in [6.07, 6.45) is 3.07. The predicted molar refractivity (Wildman–Crippen MR) is 84.3 cm³/mol. The van der Waals surface area contributed by atoms with E-state index >= 15 is 0 Å². The van der Waals surface area contributed by atoms with Crippen LogP contribution >= 0.6 is 0 Å². The van der Waals surface area contributed by atoms with E-state index in [0.717, 1.165) is 33.3 Å². The number of hydrogen-bond acceptors (Lipinski definition) is 2. The van der Waals surface area contributed by atoms with E-state index < -0.39 is 5.97 Å². The van der Waals surface area contributed by atoms with Crippen LogP contribution in [0.25, 0.3) is 10.9 Å². The molecule has 0 radical (unpaired) electrons. The molecule has 0 spiro atoms. The molecule has 3 rings (SSSR count). The summed E-state index contributed by atoms with van der Waals surface area (Å²) < 4.78 is 0. The molecule has 0 saturated carbocycles. The van der Waals surface area contributed by atoms with Crippen molar-refractivity contribution in [3.8, 4) is 5.88 Å². The average Bonchev–Trinajstić information content (AvgIpc) is 2.99. The number of H-pyrrole nitrogens is 2. The van der Waals surface area contributed by atoms with Crippen molar-refractivity contribution in [2.75, 3.05) is 0 Å². The number of hydrogen-bond donors (Lipinski definition) is 4. The number of rotatable bonds is 5. The highest BCUT2D eigenvalue weighted by atomic mass is 16.4. The number of aliphatic carboxylic acids is 1. The smallest absolute Gasteiger partial charge is 0.303 e. The van der Waals surface area contributed by atoms with Crippen LogP contribution in [0, 0.1) is 6.92 Å². The van der Waals surface area contributed by atoms with Gasteiger partial charge in [-0.15, -0.1) is 0 Å². The fraction of sp³-hybridized carbons (Fsp3) is 0.235. The molecule has 0 amide bonds. The van der Waals surface area contributed by atoms with E-state index in [1.165, 1.54) is 0 Å². The Labute approximate surface area is 127 Å². The number of fused-ring (bicyclic) bond motifs is 1. The van der Waals surface area contributed by atoms with Gasteiger partial charge in [-0.25, -0.2) is 0 Å². The molecule has 22 heavy (non-hydrogen) atoms. The Bertz CT molecular complexity index is 830. The third-order valence-electron chi connectivity index (χ3n) is 4.11. The maximum atomic E-state index is 10.7. The van der Waals surface area contributed by atoms with Crippen LogP contribution in [0.5, 0.6) is 5.88 Å². The van der Waals surface area contributed by atoms with Crippen molar-refractivity contribution in [2.24, 2.45) is 0 Å². The third kappa shape index (κ3) is 2.57. The molecular weight excluding hydrogens is 280 g/mol. The van der Waals surface area contributed by atoms with Crippen molar-refractivity contribution in [2.45, 2.75) is 26.2 Å². The van der Waals surface area contributed by atoms with Gasteiger partial charge in [0.05, 0.1) is 0 Å². The van der Waals surface area contributed by atoms with E-state index in [1.807, 2.05) is 37.4 Å². The van der Waals surface area contributed by atoms with E-state index in [1.54, 1.807) is 0 Å². The number of nitrogens with one attached hydrogen (secondary N) is 2. The van der Waals surface area contributed by atoms with Crippen molar-refractivity contribution >= 4 is 16.9 Å². The summed E-state index contributed by atoms with van der Waals surface area (Å²) in [5, 5.41) is 19.9. The first-order valence-corrected chi connectivity index (χ1v) is 7.22. The number of aryl methyl sites for hydroxylation is 1. The number of carbonyl (C=O) groups is 1. The molecule has 0 bridgehead atoms. The third-order valence-corrected chi connectivity index (χ3v) is 4.11. The van der Waals surface area contributed by atoms with Crippen LogP contribution in [-0.4, -0.2) is 26.2 Å². The highest BCUT2D eigenvalue weighted by Crippen LogP contribution is 2.30. The summed E-state index contributed by atoms with van der Waals surface area (Å²) in [5.74, 6) is -0.612. The Hall–Kier alpha value is -2.69. The second-order valence-electron chi connectivity index (χ2n) is 5.49. The van der Waals surface area contributed by atoms with E-state index in [0.29, 0.717) is 12.8 Å². The summed E-state index contributed by atoms with van der Waals surface area (Å²) in [7, 11) is 0. The molecule has 0 aliphatic carbocycles. The maximum absolute atomic E-state index is 10.7. The van der Waals surface area contributed by atoms with Crippen LogP contribution in [0.4, 0.5) is 0 Å². The fourth-order valence-corrected chi connectivity index (χ4v) is 2.81. The maximum Gasteiger partial charge on any atom is 0.303 e. The number of aromatic nitrogens is 2. The second-order valence-corrected chi connectivity index (χ2v) is 5.49. The molecule has 2 heterocycles. The quantitative estimate of drug-likeness (QED) is 0.583. The molecule has 0 saturated heterocycles. The molecule has 4 N–H and O–H groups in total. The lowest BCUT2D eigenvalue weighted by Gasteiger charge is -2.02. The van der Waals surface area contributed by atoms with Crippen LogP contribution in [0.15, 0.2) is 30.5 Å². The zero-order valence-corrected chi connectivity index (χ0v) is 12.3. The van der Waals surface area contributed by atoms with Crippen LogP contribution in [0.1, 0.15) is 28.8 Å². The van der Waals surface area contributed by atoms with Crippen molar-refractivity contribution in [3.05, 3.63) is 52.8 Å². The van der Waals surface area contributed by atoms with Gasteiger partial charge in [-0.2, -0.15) is 0 Å². The lowest BCUT2D eigenvalue weighted by molar-refractivity contribution is -0.136. The average molecular weight is 298 g/mol. The number of carboxylic acids is 1. The predicted octanol–water partition coefficient (Wildman–Crippen LogP) is 3.12. The number of benzene rings is 1. The Morgan fingerprint density at radius 3 is 2.82 bits per heavy atom. The molecule has 2 aromatic heterocycles. The van der Waals surface area contributed by atoms with Gasteiger partial charge in [0.1, 0.15) is 0 Å². The van der Waals surface area contributed by atoms with Gasteiger partial charge in [0.2, 0.25) is 0 Å². The zero-order valence-electron chi connectivity index (χ0n) is 12.3. The summed E-state index contributed by atoms with van der Waals surface area (Å²) in [6, 6.07) is 7.77.